The third kappa shape index (κ3) is 3.57. The Morgan fingerprint density at radius 1 is 1.30 bits per heavy atom. The molecule has 1 aliphatic heterocycles. The number of nitrogens with zero attached hydrogens (tertiary/aromatic N) is 1. The van der Waals surface area contributed by atoms with Crippen molar-refractivity contribution < 1.29 is 9.59 Å². The van der Waals surface area contributed by atoms with Gasteiger partial charge in [0.2, 0.25) is 11.8 Å². The fourth-order valence-corrected chi connectivity index (χ4v) is 2.52. The number of rotatable bonds is 5. The van der Waals surface area contributed by atoms with E-state index in [4.69, 9.17) is 11.5 Å². The van der Waals surface area contributed by atoms with Crippen LogP contribution in [0.2, 0.25) is 0 Å². The fraction of sp³-hybridized carbons (Fsp3) is 0.467. The van der Waals surface area contributed by atoms with Crippen molar-refractivity contribution in [3.8, 4) is 0 Å². The van der Waals surface area contributed by atoms with Crippen LogP contribution in [0.15, 0.2) is 30.3 Å². The van der Waals surface area contributed by atoms with Crippen molar-refractivity contribution in [3.05, 3.63) is 35.9 Å². The Balaban J connectivity index is 1.82. The molecule has 1 aliphatic rings. The summed E-state index contributed by atoms with van der Waals surface area (Å²) in [5.41, 5.74) is 12.4. The first-order valence-corrected chi connectivity index (χ1v) is 6.95. The third-order valence-corrected chi connectivity index (χ3v) is 3.81. The molecule has 1 fully saturated rings. The van der Waals surface area contributed by atoms with Crippen LogP contribution < -0.4 is 11.5 Å². The highest BCUT2D eigenvalue weighted by Gasteiger charge is 2.31. The molecular formula is C15H21N3O2. The molecule has 0 saturated carbocycles. The molecule has 4 N–H and O–H groups in total. The van der Waals surface area contributed by atoms with E-state index in [1.807, 2.05) is 30.3 Å². The highest BCUT2D eigenvalue weighted by atomic mass is 16.2. The second kappa shape index (κ2) is 6.52. The van der Waals surface area contributed by atoms with Crippen molar-refractivity contribution in [1.29, 1.82) is 0 Å². The molecule has 108 valence electrons. The van der Waals surface area contributed by atoms with Crippen molar-refractivity contribution in [2.75, 3.05) is 13.1 Å². The first-order chi connectivity index (χ1) is 9.58. The molecule has 1 aromatic carbocycles. The zero-order chi connectivity index (χ0) is 14.5. The summed E-state index contributed by atoms with van der Waals surface area (Å²) in [5.74, 6) is -0.636. The zero-order valence-corrected chi connectivity index (χ0v) is 11.5. The Kier molecular flexibility index (Phi) is 4.74. The smallest absolute Gasteiger partial charge is 0.239 e. The number of hydrogen-bond donors (Lipinski definition) is 2. The molecule has 20 heavy (non-hydrogen) atoms. The van der Waals surface area contributed by atoms with Crippen LogP contribution in [0.3, 0.4) is 0 Å². The van der Waals surface area contributed by atoms with Crippen LogP contribution in [0.4, 0.5) is 0 Å². The van der Waals surface area contributed by atoms with E-state index >= 15 is 0 Å². The van der Waals surface area contributed by atoms with Crippen molar-refractivity contribution in [2.45, 2.75) is 25.3 Å². The predicted molar refractivity (Wildman–Crippen MR) is 76.6 cm³/mol. The number of benzene rings is 1. The van der Waals surface area contributed by atoms with Gasteiger partial charge in [0.05, 0.1) is 12.0 Å². The largest absolute Gasteiger partial charge is 0.369 e. The van der Waals surface area contributed by atoms with E-state index in [0.717, 1.165) is 6.42 Å². The van der Waals surface area contributed by atoms with Crippen LogP contribution in [0.1, 0.15) is 18.4 Å². The second-order valence-corrected chi connectivity index (χ2v) is 5.30. The maximum atomic E-state index is 12.2. The highest BCUT2D eigenvalue weighted by Crippen LogP contribution is 2.17. The minimum atomic E-state index is -0.512. The minimum absolute atomic E-state index is 0.0790. The van der Waals surface area contributed by atoms with Gasteiger partial charge in [-0.25, -0.2) is 0 Å². The summed E-state index contributed by atoms with van der Waals surface area (Å²) in [7, 11) is 0. The molecule has 5 heteroatoms. The summed E-state index contributed by atoms with van der Waals surface area (Å²) in [5, 5.41) is 0. The van der Waals surface area contributed by atoms with E-state index in [1.165, 1.54) is 5.56 Å². The molecule has 0 aliphatic carbocycles. The maximum Gasteiger partial charge on any atom is 0.239 e. The molecule has 1 unspecified atom stereocenters. The van der Waals surface area contributed by atoms with Gasteiger partial charge in [-0.05, 0) is 24.8 Å². The predicted octanol–water partition coefficient (Wildman–Crippen LogP) is 0.280. The van der Waals surface area contributed by atoms with Crippen LogP contribution in [-0.2, 0) is 16.0 Å². The van der Waals surface area contributed by atoms with Gasteiger partial charge in [-0.3, -0.25) is 9.59 Å². The van der Waals surface area contributed by atoms with Crippen LogP contribution in [0, 0.1) is 5.92 Å². The lowest BCUT2D eigenvalue weighted by Crippen LogP contribution is -2.43. The summed E-state index contributed by atoms with van der Waals surface area (Å²) < 4.78 is 0. The fourth-order valence-electron chi connectivity index (χ4n) is 2.52. The van der Waals surface area contributed by atoms with E-state index in [0.29, 0.717) is 25.9 Å². The number of nitrogens with two attached hydrogens (primary N) is 2. The molecule has 1 heterocycles. The summed E-state index contributed by atoms with van der Waals surface area (Å²) in [6, 6.07) is 9.44. The Morgan fingerprint density at radius 3 is 2.60 bits per heavy atom. The molecule has 2 atom stereocenters. The van der Waals surface area contributed by atoms with Gasteiger partial charge in [0.15, 0.2) is 0 Å². The number of carbonyl (C=O) groups is 2. The Morgan fingerprint density at radius 2 is 2.00 bits per heavy atom. The monoisotopic (exact) mass is 275 g/mol. The minimum Gasteiger partial charge on any atom is -0.369 e. The topological polar surface area (TPSA) is 89.4 Å². The second-order valence-electron chi connectivity index (χ2n) is 5.30. The van der Waals surface area contributed by atoms with Crippen molar-refractivity contribution >= 4 is 11.8 Å². The number of carbonyl (C=O) groups excluding carboxylic acids is 2. The van der Waals surface area contributed by atoms with Gasteiger partial charge in [-0.1, -0.05) is 30.3 Å². The van der Waals surface area contributed by atoms with Crippen LogP contribution in [0.25, 0.3) is 0 Å². The summed E-state index contributed by atoms with van der Waals surface area (Å²) in [6.45, 7) is 0.985. The molecule has 1 aromatic rings. The molecule has 0 bridgehead atoms. The molecular weight excluding hydrogens is 254 g/mol. The molecule has 0 radical (unpaired) electrons. The third-order valence-electron chi connectivity index (χ3n) is 3.81. The molecule has 5 nitrogen and oxygen atoms in total. The van der Waals surface area contributed by atoms with E-state index in [-0.39, 0.29) is 17.7 Å². The lowest BCUT2D eigenvalue weighted by molar-refractivity contribution is -0.132. The lowest BCUT2D eigenvalue weighted by Gasteiger charge is -2.20. The zero-order valence-electron chi connectivity index (χ0n) is 11.5. The molecule has 2 rings (SSSR count). The van der Waals surface area contributed by atoms with Gasteiger partial charge in [-0.15, -0.1) is 0 Å². The van der Waals surface area contributed by atoms with E-state index in [1.54, 1.807) is 4.90 Å². The van der Waals surface area contributed by atoms with Gasteiger partial charge in [0, 0.05) is 13.1 Å². The van der Waals surface area contributed by atoms with Crippen LogP contribution in [0.5, 0.6) is 0 Å². The lowest BCUT2D eigenvalue weighted by atomic mass is 10.0. The quantitative estimate of drug-likeness (QED) is 0.809. The van der Waals surface area contributed by atoms with Crippen molar-refractivity contribution in [1.82, 2.24) is 4.90 Å². The number of aryl methyl sites for hydroxylation is 1. The average molecular weight is 275 g/mol. The van der Waals surface area contributed by atoms with Gasteiger partial charge in [0.25, 0.3) is 0 Å². The maximum absolute atomic E-state index is 12.2. The first kappa shape index (κ1) is 14.5. The normalized spacial score (nSPS) is 19.9. The van der Waals surface area contributed by atoms with Crippen molar-refractivity contribution in [2.24, 2.45) is 17.4 Å². The van der Waals surface area contributed by atoms with Gasteiger partial charge >= 0.3 is 0 Å². The van der Waals surface area contributed by atoms with E-state index in [2.05, 4.69) is 0 Å². The number of likely N-dealkylation sites (tertiary alicyclic amines) is 1. The molecule has 0 aromatic heterocycles. The summed E-state index contributed by atoms with van der Waals surface area (Å²) in [6.07, 6.45) is 2.04. The standard InChI is InChI=1S/C15H21N3O2/c16-13(7-6-11-4-2-1-3-5-11)15(20)18-9-8-12(10-18)14(17)19/h1-5,12-13H,6-10,16H2,(H2,17,19)/t12?,13-/m0/s1. The molecule has 1 saturated heterocycles. The molecule has 0 spiro atoms. The van der Waals surface area contributed by atoms with E-state index < -0.39 is 6.04 Å². The van der Waals surface area contributed by atoms with Gasteiger partial charge in [-0.2, -0.15) is 0 Å². The highest BCUT2D eigenvalue weighted by molar-refractivity contribution is 5.84. The van der Waals surface area contributed by atoms with Crippen molar-refractivity contribution in [3.63, 3.8) is 0 Å². The van der Waals surface area contributed by atoms with E-state index in [9.17, 15) is 9.59 Å². The molecule has 2 amide bonds. The summed E-state index contributed by atoms with van der Waals surface area (Å²) >= 11 is 0. The number of primary amides is 1. The van der Waals surface area contributed by atoms with Crippen LogP contribution in [-0.4, -0.2) is 35.8 Å². The SMILES string of the molecule is NC(=O)C1CCN(C(=O)[C@@H](N)CCc2ccccc2)C1. The number of amides is 2. The van der Waals surface area contributed by atoms with Gasteiger partial charge < -0.3 is 16.4 Å². The Labute approximate surface area is 118 Å². The average Bonchev–Trinajstić information content (AvgIpc) is 2.95. The Bertz CT molecular complexity index is 475. The Hall–Kier alpha value is -1.88. The first-order valence-electron chi connectivity index (χ1n) is 6.95. The summed E-state index contributed by atoms with van der Waals surface area (Å²) in [4.78, 5) is 24.9. The van der Waals surface area contributed by atoms with Gasteiger partial charge in [0.1, 0.15) is 0 Å². The van der Waals surface area contributed by atoms with Crippen LogP contribution >= 0.6 is 0 Å². The number of hydrogen-bond acceptors (Lipinski definition) is 3.